The van der Waals surface area contributed by atoms with Crippen LogP contribution in [0.2, 0.25) is 0 Å². The summed E-state index contributed by atoms with van der Waals surface area (Å²) in [5, 5.41) is 10.0. The lowest BCUT2D eigenvalue weighted by atomic mass is 10.5. The fraction of sp³-hybridized carbons (Fsp3) is 0.286. The molecule has 1 aromatic rings. The first-order valence-electron chi connectivity index (χ1n) is 3.71. The summed E-state index contributed by atoms with van der Waals surface area (Å²) in [6, 6.07) is 0. The van der Waals surface area contributed by atoms with E-state index in [-0.39, 0.29) is 10.9 Å². The zero-order valence-electron chi connectivity index (χ0n) is 7.52. The molecule has 1 amide bonds. The van der Waals surface area contributed by atoms with E-state index in [9.17, 15) is 9.35 Å². The molecule has 0 aliphatic heterocycles. The predicted molar refractivity (Wildman–Crippen MR) is 54.8 cm³/mol. The molecule has 0 saturated carbocycles. The highest BCUT2D eigenvalue weighted by atomic mass is 32.2. The lowest BCUT2D eigenvalue weighted by molar-refractivity contribution is 0.0957. The third kappa shape index (κ3) is 2.79. The van der Waals surface area contributed by atoms with Crippen LogP contribution in [0.25, 0.3) is 0 Å². The molecule has 1 unspecified atom stereocenters. The largest absolute Gasteiger partial charge is 0.610 e. The number of nitrogens with zero attached hydrogens (tertiary/aromatic N) is 2. The maximum atomic E-state index is 11.3. The van der Waals surface area contributed by atoms with Crippen molar-refractivity contribution in [2.45, 2.75) is 4.34 Å². The number of aromatic nitrogens is 2. The van der Waals surface area contributed by atoms with Gasteiger partial charge in [0.05, 0.1) is 0 Å². The van der Waals surface area contributed by atoms with Gasteiger partial charge in [-0.3, -0.25) is 4.79 Å². The van der Waals surface area contributed by atoms with Gasteiger partial charge >= 0.3 is 4.34 Å². The zero-order chi connectivity index (χ0) is 10.6. The molecular weight excluding hydrogens is 222 g/mol. The van der Waals surface area contributed by atoms with E-state index < -0.39 is 11.2 Å². The third-order valence-electron chi connectivity index (χ3n) is 1.25. The fourth-order valence-corrected chi connectivity index (χ4v) is 2.01. The summed E-state index contributed by atoms with van der Waals surface area (Å²) in [7, 11) is 0. The van der Waals surface area contributed by atoms with Crippen LogP contribution in [0.15, 0.2) is 17.0 Å². The second-order valence-corrected chi connectivity index (χ2v) is 4.86. The van der Waals surface area contributed by atoms with Gasteiger partial charge in [0.2, 0.25) is 5.01 Å². The maximum Gasteiger partial charge on any atom is 0.322 e. The summed E-state index contributed by atoms with van der Waals surface area (Å²) in [6.45, 7) is 3.84. The number of rotatable bonds is 4. The van der Waals surface area contributed by atoms with Crippen LogP contribution in [0.4, 0.5) is 0 Å². The van der Waals surface area contributed by atoms with Crippen molar-refractivity contribution in [1.29, 1.82) is 0 Å². The summed E-state index contributed by atoms with van der Waals surface area (Å²) >= 11 is -0.155. The Bertz CT molecular complexity index is 337. The van der Waals surface area contributed by atoms with Crippen molar-refractivity contribution in [3.05, 3.63) is 17.7 Å². The highest BCUT2D eigenvalue weighted by Gasteiger charge is 2.17. The molecule has 7 heteroatoms. The summed E-state index contributed by atoms with van der Waals surface area (Å²) in [4.78, 5) is 11.3. The maximum absolute atomic E-state index is 11.3. The Hall–Kier alpha value is -0.920. The van der Waals surface area contributed by atoms with Crippen LogP contribution in [0.3, 0.4) is 0 Å². The number of carbonyl (C=O) groups excluding carboxylic acids is 1. The van der Waals surface area contributed by atoms with Crippen molar-refractivity contribution in [2.75, 3.05) is 12.8 Å². The van der Waals surface area contributed by atoms with Gasteiger partial charge in [0.25, 0.3) is 5.91 Å². The molecule has 1 aromatic heterocycles. The topological polar surface area (TPSA) is 77.9 Å². The second-order valence-electron chi connectivity index (χ2n) is 2.33. The van der Waals surface area contributed by atoms with Crippen molar-refractivity contribution >= 4 is 28.4 Å². The van der Waals surface area contributed by atoms with Gasteiger partial charge in [-0.1, -0.05) is 11.2 Å². The van der Waals surface area contributed by atoms with Gasteiger partial charge in [0.15, 0.2) is 0 Å². The van der Waals surface area contributed by atoms with Crippen molar-refractivity contribution in [3.8, 4) is 0 Å². The van der Waals surface area contributed by atoms with E-state index in [1.807, 2.05) is 0 Å². The third-order valence-corrected chi connectivity index (χ3v) is 3.50. The molecule has 14 heavy (non-hydrogen) atoms. The molecule has 1 N–H and O–H groups in total. The number of nitrogens with one attached hydrogen (secondary N) is 1. The number of amides is 1. The summed E-state index contributed by atoms with van der Waals surface area (Å²) in [5.74, 6) is -0.320. The smallest absolute Gasteiger partial charge is 0.322 e. The Morgan fingerprint density at radius 1 is 1.79 bits per heavy atom. The molecule has 0 bridgehead atoms. The highest BCUT2D eigenvalue weighted by molar-refractivity contribution is 7.92. The van der Waals surface area contributed by atoms with E-state index in [2.05, 4.69) is 22.1 Å². The van der Waals surface area contributed by atoms with Crippen LogP contribution in [0.5, 0.6) is 0 Å². The summed E-state index contributed by atoms with van der Waals surface area (Å²) in [5.41, 5.74) is 0. The van der Waals surface area contributed by atoms with Crippen molar-refractivity contribution in [2.24, 2.45) is 0 Å². The normalized spacial score (nSPS) is 12.1. The van der Waals surface area contributed by atoms with E-state index in [1.165, 1.54) is 6.26 Å². The molecule has 5 nitrogen and oxygen atoms in total. The average Bonchev–Trinajstić information content (AvgIpc) is 2.62. The highest BCUT2D eigenvalue weighted by Crippen LogP contribution is 2.14. The van der Waals surface area contributed by atoms with Crippen molar-refractivity contribution in [1.82, 2.24) is 15.5 Å². The summed E-state index contributed by atoms with van der Waals surface area (Å²) in [6.07, 6.45) is 3.06. The molecule has 0 fully saturated rings. The van der Waals surface area contributed by atoms with Crippen LogP contribution in [0, 0.1) is 0 Å². The average molecular weight is 231 g/mol. The van der Waals surface area contributed by atoms with Gasteiger partial charge < -0.3 is 9.87 Å². The second kappa shape index (κ2) is 5.08. The molecule has 0 aromatic carbocycles. The number of hydrogen-bond acceptors (Lipinski definition) is 5. The van der Waals surface area contributed by atoms with E-state index >= 15 is 0 Å². The minimum absolute atomic E-state index is 0.219. The van der Waals surface area contributed by atoms with Crippen LogP contribution < -0.4 is 5.32 Å². The van der Waals surface area contributed by atoms with Gasteiger partial charge in [-0.2, -0.15) is 0 Å². The first kappa shape index (κ1) is 11.2. The molecule has 0 spiro atoms. The first-order valence-corrected chi connectivity index (χ1v) is 6.08. The Balaban J connectivity index is 2.66. The lowest BCUT2D eigenvalue weighted by Gasteiger charge is -1.96. The molecule has 1 atom stereocenters. The quantitative estimate of drug-likeness (QED) is 0.592. The van der Waals surface area contributed by atoms with Gasteiger partial charge in [0.1, 0.15) is 6.26 Å². The van der Waals surface area contributed by atoms with Crippen LogP contribution in [0.1, 0.15) is 9.80 Å². The minimum atomic E-state index is -1.19. The predicted octanol–water partition coefficient (Wildman–Crippen LogP) is 0.191. The Labute approximate surface area is 88.4 Å². The molecule has 1 rings (SSSR count). The molecular formula is C7H9N3O2S2. The Morgan fingerprint density at radius 3 is 3.00 bits per heavy atom. The first-order chi connectivity index (χ1) is 6.65. The number of carbonyl (C=O) groups is 1. The molecule has 0 aliphatic carbocycles. The van der Waals surface area contributed by atoms with E-state index in [0.717, 1.165) is 11.3 Å². The van der Waals surface area contributed by atoms with E-state index in [4.69, 9.17) is 0 Å². The Morgan fingerprint density at radius 2 is 2.50 bits per heavy atom. The minimum Gasteiger partial charge on any atom is -0.610 e. The SMILES string of the molecule is C=CCNC(=O)c1nnc([S+](C)[O-])s1. The van der Waals surface area contributed by atoms with Crippen LogP contribution >= 0.6 is 11.3 Å². The summed E-state index contributed by atoms with van der Waals surface area (Å²) < 4.78 is 11.3. The lowest BCUT2D eigenvalue weighted by Crippen LogP contribution is -2.22. The molecule has 0 aliphatic rings. The molecule has 0 saturated heterocycles. The zero-order valence-corrected chi connectivity index (χ0v) is 9.15. The standard InChI is InChI=1S/C7H9N3O2S2/c1-3-4-8-5(11)6-9-10-7(13-6)14(2)12/h3H,1,4H2,2H3,(H,8,11). The Kier molecular flexibility index (Phi) is 4.05. The monoisotopic (exact) mass is 231 g/mol. The van der Waals surface area contributed by atoms with Crippen molar-refractivity contribution < 1.29 is 9.35 Å². The molecule has 76 valence electrons. The van der Waals surface area contributed by atoms with Crippen LogP contribution in [-0.2, 0) is 11.2 Å². The van der Waals surface area contributed by atoms with Gasteiger partial charge in [0, 0.05) is 17.7 Å². The van der Waals surface area contributed by atoms with Crippen LogP contribution in [-0.4, -0.2) is 33.5 Å². The van der Waals surface area contributed by atoms with E-state index in [0.29, 0.717) is 10.9 Å². The van der Waals surface area contributed by atoms with E-state index in [1.54, 1.807) is 6.08 Å². The van der Waals surface area contributed by atoms with Gasteiger partial charge in [-0.15, -0.1) is 11.7 Å². The number of hydrogen-bond donors (Lipinski definition) is 1. The van der Waals surface area contributed by atoms with Gasteiger partial charge in [-0.25, -0.2) is 0 Å². The van der Waals surface area contributed by atoms with Gasteiger partial charge in [-0.05, 0) is 11.3 Å². The molecule has 0 radical (unpaired) electrons. The van der Waals surface area contributed by atoms with Crippen molar-refractivity contribution in [3.63, 3.8) is 0 Å². The molecule has 1 heterocycles. The fourth-order valence-electron chi connectivity index (χ4n) is 0.658.